The number of rotatable bonds is 1. The van der Waals surface area contributed by atoms with Crippen molar-refractivity contribution >= 4 is 17.0 Å². The average Bonchev–Trinajstić information content (AvgIpc) is 2.18. The molecule has 2 aromatic carbocycles. The summed E-state index contributed by atoms with van der Waals surface area (Å²) in [6, 6.07) is 14.3. The van der Waals surface area contributed by atoms with Crippen molar-refractivity contribution in [3.05, 3.63) is 48.0 Å². The van der Waals surface area contributed by atoms with E-state index >= 15 is 0 Å². The minimum atomic E-state index is 1.03. The molecule has 64 valence electrons. The zero-order valence-electron chi connectivity index (χ0n) is 7.14. The van der Waals surface area contributed by atoms with E-state index in [1.165, 1.54) is 10.8 Å². The maximum absolute atomic E-state index is 5.07. The van der Waals surface area contributed by atoms with Crippen LogP contribution in [0.3, 0.4) is 0 Å². The van der Waals surface area contributed by atoms with E-state index in [0.717, 1.165) is 5.56 Å². The SMILES string of the molecule is NN=Cc1ccc2ccccc2c1. The lowest BCUT2D eigenvalue weighted by Gasteiger charge is -1.97. The normalized spacial score (nSPS) is 11.1. The van der Waals surface area contributed by atoms with E-state index in [0.29, 0.717) is 0 Å². The van der Waals surface area contributed by atoms with Crippen LogP contribution in [0.4, 0.5) is 0 Å². The molecule has 0 saturated carbocycles. The Kier molecular flexibility index (Phi) is 1.96. The van der Waals surface area contributed by atoms with Crippen LogP contribution in [0.5, 0.6) is 0 Å². The zero-order chi connectivity index (χ0) is 9.10. The summed E-state index contributed by atoms with van der Waals surface area (Å²) in [5.74, 6) is 5.07. The standard InChI is InChI=1S/C11H10N2/c12-13-8-9-5-6-10-3-1-2-4-11(10)7-9/h1-8H,12H2. The van der Waals surface area contributed by atoms with Crippen molar-refractivity contribution < 1.29 is 0 Å². The summed E-state index contributed by atoms with van der Waals surface area (Å²) in [6.45, 7) is 0. The van der Waals surface area contributed by atoms with Crippen LogP contribution in [-0.2, 0) is 0 Å². The second-order valence-corrected chi connectivity index (χ2v) is 2.88. The van der Waals surface area contributed by atoms with E-state index in [2.05, 4.69) is 29.4 Å². The first-order valence-corrected chi connectivity index (χ1v) is 4.12. The highest BCUT2D eigenvalue weighted by Gasteiger charge is 1.92. The van der Waals surface area contributed by atoms with E-state index in [-0.39, 0.29) is 0 Å². The number of hydrazone groups is 1. The van der Waals surface area contributed by atoms with E-state index in [1.54, 1.807) is 6.21 Å². The van der Waals surface area contributed by atoms with Gasteiger partial charge >= 0.3 is 0 Å². The van der Waals surface area contributed by atoms with Crippen molar-refractivity contribution in [3.63, 3.8) is 0 Å². The molecule has 2 N–H and O–H groups in total. The number of fused-ring (bicyclic) bond motifs is 1. The van der Waals surface area contributed by atoms with Gasteiger partial charge in [0.1, 0.15) is 0 Å². The van der Waals surface area contributed by atoms with Gasteiger partial charge in [-0.25, -0.2) is 0 Å². The lowest BCUT2D eigenvalue weighted by atomic mass is 10.1. The number of benzene rings is 2. The highest BCUT2D eigenvalue weighted by atomic mass is 15.1. The van der Waals surface area contributed by atoms with Gasteiger partial charge in [-0.1, -0.05) is 36.4 Å². The molecule has 0 bridgehead atoms. The lowest BCUT2D eigenvalue weighted by molar-refractivity contribution is 1.26. The number of nitrogens with two attached hydrogens (primary N) is 1. The summed E-state index contributed by atoms with van der Waals surface area (Å²) < 4.78 is 0. The van der Waals surface area contributed by atoms with Crippen molar-refractivity contribution in [2.75, 3.05) is 0 Å². The first kappa shape index (κ1) is 7.80. The summed E-state index contributed by atoms with van der Waals surface area (Å²) in [5, 5.41) is 5.93. The van der Waals surface area contributed by atoms with Crippen molar-refractivity contribution in [1.29, 1.82) is 0 Å². The van der Waals surface area contributed by atoms with Crippen LogP contribution in [-0.4, -0.2) is 6.21 Å². The minimum Gasteiger partial charge on any atom is -0.323 e. The average molecular weight is 170 g/mol. The molecule has 0 amide bonds. The Balaban J connectivity index is 2.62. The van der Waals surface area contributed by atoms with Crippen LogP contribution in [0.2, 0.25) is 0 Å². The molecule has 0 aliphatic rings. The quantitative estimate of drug-likeness (QED) is 0.397. The molecule has 0 unspecified atom stereocenters. The Morgan fingerprint density at radius 3 is 2.54 bits per heavy atom. The first-order valence-electron chi connectivity index (χ1n) is 4.12. The third-order valence-corrected chi connectivity index (χ3v) is 2.00. The second-order valence-electron chi connectivity index (χ2n) is 2.88. The van der Waals surface area contributed by atoms with Gasteiger partial charge in [0.2, 0.25) is 0 Å². The van der Waals surface area contributed by atoms with Crippen LogP contribution in [0, 0.1) is 0 Å². The second kappa shape index (κ2) is 3.27. The van der Waals surface area contributed by atoms with Crippen LogP contribution >= 0.6 is 0 Å². The molecular weight excluding hydrogens is 160 g/mol. The largest absolute Gasteiger partial charge is 0.323 e. The van der Waals surface area contributed by atoms with Gasteiger partial charge in [-0.15, -0.1) is 0 Å². The molecule has 0 fully saturated rings. The van der Waals surface area contributed by atoms with Crippen molar-refractivity contribution in [1.82, 2.24) is 0 Å². The summed E-state index contributed by atoms with van der Waals surface area (Å²) in [7, 11) is 0. The molecule has 0 aromatic heterocycles. The molecule has 2 nitrogen and oxygen atoms in total. The van der Waals surface area contributed by atoms with Crippen LogP contribution in [0.1, 0.15) is 5.56 Å². The van der Waals surface area contributed by atoms with Crippen molar-refractivity contribution in [2.24, 2.45) is 10.9 Å². The fourth-order valence-electron chi connectivity index (χ4n) is 1.37. The fourth-order valence-corrected chi connectivity index (χ4v) is 1.37. The molecule has 0 atom stereocenters. The number of hydrogen-bond acceptors (Lipinski definition) is 2. The summed E-state index contributed by atoms with van der Waals surface area (Å²) in [6.07, 6.45) is 1.65. The summed E-state index contributed by atoms with van der Waals surface area (Å²) in [5.41, 5.74) is 1.03. The molecule has 0 radical (unpaired) electrons. The minimum absolute atomic E-state index is 1.03. The molecule has 2 aromatic rings. The van der Waals surface area contributed by atoms with Crippen LogP contribution in [0.25, 0.3) is 10.8 Å². The summed E-state index contributed by atoms with van der Waals surface area (Å²) in [4.78, 5) is 0. The Morgan fingerprint density at radius 1 is 1.00 bits per heavy atom. The van der Waals surface area contributed by atoms with Crippen molar-refractivity contribution in [3.8, 4) is 0 Å². The van der Waals surface area contributed by atoms with Crippen molar-refractivity contribution in [2.45, 2.75) is 0 Å². The maximum atomic E-state index is 5.07. The first-order chi connectivity index (χ1) is 6.40. The Bertz CT molecular complexity index is 447. The maximum Gasteiger partial charge on any atom is 0.0538 e. The van der Waals surface area contributed by atoms with E-state index < -0.39 is 0 Å². The van der Waals surface area contributed by atoms with Gasteiger partial charge in [0.25, 0.3) is 0 Å². The highest BCUT2D eigenvalue weighted by molar-refractivity contribution is 5.90. The third kappa shape index (κ3) is 1.51. The van der Waals surface area contributed by atoms with Crippen LogP contribution in [0.15, 0.2) is 47.6 Å². The molecule has 0 saturated heterocycles. The molecular formula is C11H10N2. The Hall–Kier alpha value is -1.83. The van der Waals surface area contributed by atoms with E-state index in [4.69, 9.17) is 5.84 Å². The van der Waals surface area contributed by atoms with Gasteiger partial charge in [-0.3, -0.25) is 0 Å². The van der Waals surface area contributed by atoms with Gasteiger partial charge in [0, 0.05) is 0 Å². The van der Waals surface area contributed by atoms with E-state index in [9.17, 15) is 0 Å². The topological polar surface area (TPSA) is 38.4 Å². The fraction of sp³-hybridized carbons (Fsp3) is 0. The van der Waals surface area contributed by atoms with E-state index in [1.807, 2.05) is 18.2 Å². The van der Waals surface area contributed by atoms with Gasteiger partial charge in [-0.05, 0) is 22.4 Å². The molecule has 0 aliphatic heterocycles. The number of nitrogens with zero attached hydrogens (tertiary/aromatic N) is 1. The zero-order valence-corrected chi connectivity index (χ0v) is 7.14. The predicted molar refractivity (Wildman–Crippen MR) is 55.7 cm³/mol. The lowest BCUT2D eigenvalue weighted by Crippen LogP contribution is -1.85. The van der Waals surface area contributed by atoms with Crippen LogP contribution < -0.4 is 5.84 Å². The summed E-state index contributed by atoms with van der Waals surface area (Å²) >= 11 is 0. The Labute approximate surface area is 76.7 Å². The van der Waals surface area contributed by atoms with Gasteiger partial charge < -0.3 is 5.84 Å². The Morgan fingerprint density at radius 2 is 1.77 bits per heavy atom. The molecule has 2 heteroatoms. The van der Waals surface area contributed by atoms with Gasteiger partial charge in [0.05, 0.1) is 6.21 Å². The molecule has 0 spiro atoms. The third-order valence-electron chi connectivity index (χ3n) is 2.00. The monoisotopic (exact) mass is 170 g/mol. The molecule has 0 heterocycles. The molecule has 13 heavy (non-hydrogen) atoms. The number of hydrogen-bond donors (Lipinski definition) is 1. The molecule has 2 rings (SSSR count). The predicted octanol–water partition coefficient (Wildman–Crippen LogP) is 2.13. The molecule has 0 aliphatic carbocycles. The highest BCUT2D eigenvalue weighted by Crippen LogP contribution is 2.14. The smallest absolute Gasteiger partial charge is 0.0538 e. The van der Waals surface area contributed by atoms with Gasteiger partial charge in [-0.2, -0.15) is 5.10 Å². The van der Waals surface area contributed by atoms with Gasteiger partial charge in [0.15, 0.2) is 0 Å².